The summed E-state index contributed by atoms with van der Waals surface area (Å²) in [6, 6.07) is 8.46. The smallest absolute Gasteiger partial charge is 0.493 e. The molecule has 32 heavy (non-hydrogen) atoms. The van der Waals surface area contributed by atoms with Crippen molar-refractivity contribution in [1.82, 2.24) is 0 Å². The summed E-state index contributed by atoms with van der Waals surface area (Å²) < 4.78 is 31.2. The van der Waals surface area contributed by atoms with Crippen LogP contribution >= 0.6 is 7.82 Å². The second-order valence-corrected chi connectivity index (χ2v) is 8.63. The van der Waals surface area contributed by atoms with Crippen LogP contribution in [-0.4, -0.2) is 51.0 Å². The second kappa shape index (κ2) is 9.38. The zero-order chi connectivity index (χ0) is 23.6. The first kappa shape index (κ1) is 23.9. The highest BCUT2D eigenvalue weighted by Crippen LogP contribution is 2.52. The Kier molecular flexibility index (Phi) is 7.00. The maximum absolute atomic E-state index is 13.1. The molecule has 1 saturated carbocycles. The summed E-state index contributed by atoms with van der Waals surface area (Å²) in [5.41, 5.74) is 1.80. The molecule has 2 N–H and O–H groups in total. The average molecular weight is 467 g/mol. The third-order valence-corrected chi connectivity index (χ3v) is 5.46. The molecule has 0 aliphatic heterocycles. The van der Waals surface area contributed by atoms with Gasteiger partial charge < -0.3 is 33.8 Å². The van der Waals surface area contributed by atoms with E-state index < -0.39 is 7.82 Å². The first-order valence-corrected chi connectivity index (χ1v) is 11.2. The fourth-order valence-corrected chi connectivity index (χ4v) is 3.75. The number of Topliss-reactive ketones (excluding diaryl/α,β-unsaturated/α-hetero) is 1. The molecule has 1 fully saturated rings. The van der Waals surface area contributed by atoms with Crippen LogP contribution in [0, 0.1) is 5.92 Å². The van der Waals surface area contributed by atoms with E-state index in [1.54, 1.807) is 43.3 Å². The van der Waals surface area contributed by atoms with Crippen LogP contribution in [0.3, 0.4) is 0 Å². The Morgan fingerprint density at radius 3 is 2.12 bits per heavy atom. The van der Waals surface area contributed by atoms with Crippen molar-refractivity contribution >= 4 is 19.3 Å². The van der Waals surface area contributed by atoms with Crippen molar-refractivity contribution in [2.75, 3.05) is 40.3 Å². The van der Waals surface area contributed by atoms with E-state index in [0.717, 1.165) is 5.56 Å². The molecule has 1 aliphatic rings. The lowest BCUT2D eigenvalue weighted by molar-refractivity contribution is -0.122. The lowest BCUT2D eigenvalue weighted by Gasteiger charge is -2.18. The Labute approximate surface area is 185 Å². The minimum Gasteiger partial charge on any atom is -0.493 e. The van der Waals surface area contributed by atoms with Gasteiger partial charge in [0.05, 0.1) is 27.0 Å². The number of methoxy groups -OCH3 is 3. The van der Waals surface area contributed by atoms with Crippen LogP contribution in [-0.2, 0) is 9.24 Å². The van der Waals surface area contributed by atoms with Crippen LogP contribution in [0.1, 0.15) is 28.3 Å². The van der Waals surface area contributed by atoms with E-state index in [1.807, 2.05) is 6.07 Å². The van der Waals surface area contributed by atoms with Gasteiger partial charge in [-0.05, 0) is 42.2 Å². The van der Waals surface area contributed by atoms with E-state index in [1.165, 1.54) is 21.3 Å². The first-order valence-electron chi connectivity index (χ1n) is 9.67. The highest BCUT2D eigenvalue weighted by Gasteiger charge is 2.44. The number of anilines is 1. The monoisotopic (exact) mass is 467 g/mol. The van der Waals surface area contributed by atoms with Crippen LogP contribution in [0.25, 0.3) is 0 Å². The van der Waals surface area contributed by atoms with Gasteiger partial charge in [-0.25, -0.2) is 4.57 Å². The fraction of sp³-hybridized carbons (Fsp3) is 0.381. The number of hydrogen-bond acceptors (Lipinski definition) is 8. The average Bonchev–Trinajstić information content (AvgIpc) is 3.56. The van der Waals surface area contributed by atoms with Crippen LogP contribution in [0.15, 0.2) is 30.3 Å². The Bertz CT molecular complexity index is 1020. The summed E-state index contributed by atoms with van der Waals surface area (Å²) in [5, 5.41) is 0. The zero-order valence-corrected chi connectivity index (χ0v) is 19.3. The third kappa shape index (κ3) is 5.16. The maximum atomic E-state index is 13.1. The Balaban J connectivity index is 1.84. The van der Waals surface area contributed by atoms with Gasteiger partial charge in [-0.3, -0.25) is 4.79 Å². The van der Waals surface area contributed by atoms with E-state index in [0.29, 0.717) is 34.9 Å². The van der Waals surface area contributed by atoms with Gasteiger partial charge in [0, 0.05) is 25.6 Å². The van der Waals surface area contributed by atoms with Crippen molar-refractivity contribution in [3.63, 3.8) is 0 Å². The molecule has 174 valence electrons. The van der Waals surface area contributed by atoms with Crippen molar-refractivity contribution in [1.29, 1.82) is 0 Å². The van der Waals surface area contributed by atoms with E-state index in [4.69, 9.17) is 28.9 Å². The van der Waals surface area contributed by atoms with E-state index in [-0.39, 0.29) is 23.4 Å². The van der Waals surface area contributed by atoms with Crippen molar-refractivity contribution < 1.29 is 42.9 Å². The molecule has 0 amide bonds. The number of hydrogen-bond donors (Lipinski definition) is 2. The molecule has 0 aromatic heterocycles. The summed E-state index contributed by atoms with van der Waals surface area (Å²) in [4.78, 5) is 37.6. The summed E-state index contributed by atoms with van der Waals surface area (Å²) in [7, 11) is 3.15. The Hall–Kier alpha value is -2.78. The molecule has 0 radical (unpaired) electrons. The quantitative estimate of drug-likeness (QED) is 0.233. The molecule has 2 unspecified atom stereocenters. The minimum atomic E-state index is -4.82. The van der Waals surface area contributed by atoms with Gasteiger partial charge in [-0.15, -0.1) is 0 Å². The van der Waals surface area contributed by atoms with Gasteiger partial charge in [0.25, 0.3) is 0 Å². The summed E-state index contributed by atoms with van der Waals surface area (Å²) in [6.07, 6.45) is 0.621. The van der Waals surface area contributed by atoms with Gasteiger partial charge >= 0.3 is 7.82 Å². The predicted molar refractivity (Wildman–Crippen MR) is 116 cm³/mol. The standard InChI is InChI=1S/C21H26NO9P/c1-22(2)16-7-6-12(8-17(16)30-31-32(24,25)26)14-11-15(14)20(23)13-9-18(27-3)21(29-5)19(10-13)28-4/h6-10,14-15H,11H2,1-5H3,(H2,24,25,26). The molecule has 10 nitrogen and oxygen atoms in total. The fourth-order valence-electron chi connectivity index (χ4n) is 3.58. The molecule has 0 heterocycles. The molecular weight excluding hydrogens is 441 g/mol. The largest absolute Gasteiger partial charge is 0.505 e. The second-order valence-electron chi connectivity index (χ2n) is 7.50. The van der Waals surface area contributed by atoms with E-state index in [9.17, 15) is 9.36 Å². The minimum absolute atomic E-state index is 0.0696. The number of ether oxygens (including phenoxy) is 3. The Morgan fingerprint density at radius 1 is 1.00 bits per heavy atom. The SMILES string of the molecule is COc1cc(C(=O)C2CC2c2ccc(N(C)C)c(OOP(=O)(O)O)c2)cc(OC)c1OC. The molecular formula is C21H26NO9P. The maximum Gasteiger partial charge on any atom is 0.505 e. The number of carbonyl (C=O) groups is 1. The van der Waals surface area contributed by atoms with Crippen molar-refractivity contribution in [2.24, 2.45) is 5.92 Å². The van der Waals surface area contributed by atoms with Crippen LogP contribution in [0.4, 0.5) is 5.69 Å². The molecule has 2 aromatic rings. The van der Waals surface area contributed by atoms with E-state index in [2.05, 4.69) is 4.67 Å². The molecule has 11 heteroatoms. The molecule has 0 bridgehead atoms. The number of rotatable bonds is 10. The summed E-state index contributed by atoms with van der Waals surface area (Å²) in [6.45, 7) is 0. The Morgan fingerprint density at radius 2 is 1.62 bits per heavy atom. The lowest BCUT2D eigenvalue weighted by atomic mass is 10.0. The number of phosphoric acid groups is 1. The zero-order valence-electron chi connectivity index (χ0n) is 18.4. The molecule has 2 aromatic carbocycles. The molecule has 1 aliphatic carbocycles. The highest BCUT2D eigenvalue weighted by molar-refractivity contribution is 7.46. The molecule has 2 atom stereocenters. The lowest BCUT2D eigenvalue weighted by Crippen LogP contribution is -2.11. The summed E-state index contributed by atoms with van der Waals surface area (Å²) in [5.74, 6) is 0.932. The van der Waals surface area contributed by atoms with Gasteiger partial charge in [-0.1, -0.05) is 10.7 Å². The van der Waals surface area contributed by atoms with Crippen molar-refractivity contribution in [2.45, 2.75) is 12.3 Å². The molecule has 3 rings (SSSR count). The van der Waals surface area contributed by atoms with Gasteiger partial charge in [0.15, 0.2) is 23.0 Å². The van der Waals surface area contributed by atoms with Gasteiger partial charge in [0.2, 0.25) is 5.75 Å². The van der Waals surface area contributed by atoms with Crippen molar-refractivity contribution in [3.8, 4) is 23.0 Å². The van der Waals surface area contributed by atoms with Crippen molar-refractivity contribution in [3.05, 3.63) is 41.5 Å². The van der Waals surface area contributed by atoms with Crippen LogP contribution in [0.5, 0.6) is 23.0 Å². The van der Waals surface area contributed by atoms with Crippen LogP contribution in [0.2, 0.25) is 0 Å². The number of benzene rings is 2. The number of carbonyl (C=O) groups excluding carboxylic acids is 1. The topological polar surface area (TPSA) is 124 Å². The number of ketones is 1. The molecule has 0 spiro atoms. The normalized spacial score (nSPS) is 17.5. The van der Waals surface area contributed by atoms with Gasteiger partial charge in [-0.2, -0.15) is 0 Å². The predicted octanol–water partition coefficient (Wildman–Crippen LogP) is 3.17. The van der Waals surface area contributed by atoms with Gasteiger partial charge in [0.1, 0.15) is 0 Å². The molecule has 0 saturated heterocycles. The highest BCUT2D eigenvalue weighted by atomic mass is 31.2. The van der Waals surface area contributed by atoms with Crippen LogP contribution < -0.4 is 24.0 Å². The third-order valence-electron chi connectivity index (χ3n) is 5.19. The summed E-state index contributed by atoms with van der Waals surface area (Å²) >= 11 is 0. The van der Waals surface area contributed by atoms with E-state index >= 15 is 0 Å². The number of nitrogens with zero attached hydrogens (tertiary/aromatic N) is 1. The first-order chi connectivity index (χ1) is 15.1.